The molecule has 1 aliphatic heterocycles. The minimum absolute atomic E-state index is 0.0385. The Morgan fingerprint density at radius 2 is 1.66 bits per heavy atom. The van der Waals surface area contributed by atoms with Crippen LogP contribution in [0.2, 0.25) is 0 Å². The number of aryl methyl sites for hydroxylation is 1. The van der Waals surface area contributed by atoms with Crippen LogP contribution in [0, 0.1) is 0 Å². The lowest BCUT2D eigenvalue weighted by Crippen LogP contribution is -2.50. The van der Waals surface area contributed by atoms with E-state index in [4.69, 9.17) is 0 Å². The van der Waals surface area contributed by atoms with Gasteiger partial charge in [-0.1, -0.05) is 24.3 Å². The molecule has 32 heavy (non-hydrogen) atoms. The second kappa shape index (κ2) is 8.59. The van der Waals surface area contributed by atoms with Crippen LogP contribution < -0.4 is 0 Å². The average Bonchev–Trinajstić information content (AvgIpc) is 3.20. The van der Waals surface area contributed by atoms with Gasteiger partial charge in [0.2, 0.25) is 15.9 Å². The molecule has 0 aliphatic carbocycles. The summed E-state index contributed by atoms with van der Waals surface area (Å²) in [6.07, 6.45) is -2.42. The second-order valence-corrected chi connectivity index (χ2v) is 9.57. The third-order valence-electron chi connectivity index (χ3n) is 5.64. The van der Waals surface area contributed by atoms with E-state index in [0.29, 0.717) is 12.6 Å². The summed E-state index contributed by atoms with van der Waals surface area (Å²) in [6.45, 7) is 0.982. The van der Waals surface area contributed by atoms with Gasteiger partial charge in [-0.15, -0.1) is 0 Å². The maximum absolute atomic E-state index is 12.9. The Morgan fingerprint density at radius 3 is 2.38 bits per heavy atom. The zero-order valence-corrected chi connectivity index (χ0v) is 17.9. The third kappa shape index (κ3) is 4.51. The fraction of sp³-hybridized carbons (Fsp3) is 0.318. The highest BCUT2D eigenvalue weighted by molar-refractivity contribution is 7.89. The summed E-state index contributed by atoms with van der Waals surface area (Å²) in [7, 11) is -4.07. The molecule has 3 aromatic rings. The first-order valence-electron chi connectivity index (χ1n) is 10.2. The van der Waals surface area contributed by atoms with Crippen LogP contribution in [-0.2, 0) is 27.5 Å². The molecule has 1 saturated heterocycles. The summed E-state index contributed by atoms with van der Waals surface area (Å²) < 4.78 is 67.6. The Kier molecular flexibility index (Phi) is 6.00. The number of nitrogens with zero attached hydrogens (tertiary/aromatic N) is 3. The fourth-order valence-corrected chi connectivity index (χ4v) is 5.34. The van der Waals surface area contributed by atoms with Gasteiger partial charge >= 0.3 is 6.18 Å². The van der Waals surface area contributed by atoms with Crippen molar-refractivity contribution in [2.24, 2.45) is 0 Å². The van der Waals surface area contributed by atoms with Crippen molar-refractivity contribution in [3.63, 3.8) is 0 Å². The highest BCUT2D eigenvalue weighted by Crippen LogP contribution is 2.31. The SMILES string of the molecule is O=C(CCn1ccc2ccccc21)N1CCN(S(=O)(=O)c2cccc(C(F)(F)F)c2)CC1. The van der Waals surface area contributed by atoms with Crippen LogP contribution in [0.3, 0.4) is 0 Å². The smallest absolute Gasteiger partial charge is 0.347 e. The Labute approximate surface area is 183 Å². The predicted octanol–water partition coefficient (Wildman–Crippen LogP) is 3.58. The van der Waals surface area contributed by atoms with Crippen molar-refractivity contribution >= 4 is 26.8 Å². The molecule has 0 spiro atoms. The predicted molar refractivity (Wildman–Crippen MR) is 113 cm³/mol. The topological polar surface area (TPSA) is 62.6 Å². The average molecular weight is 465 g/mol. The number of halogens is 3. The molecule has 10 heteroatoms. The molecule has 1 amide bonds. The number of alkyl halides is 3. The highest BCUT2D eigenvalue weighted by atomic mass is 32.2. The summed E-state index contributed by atoms with van der Waals surface area (Å²) in [6, 6.07) is 13.6. The van der Waals surface area contributed by atoms with E-state index in [2.05, 4.69) is 0 Å². The zero-order chi connectivity index (χ0) is 22.9. The van der Waals surface area contributed by atoms with Gasteiger partial charge in [0, 0.05) is 50.9 Å². The van der Waals surface area contributed by atoms with Crippen LogP contribution in [0.25, 0.3) is 10.9 Å². The van der Waals surface area contributed by atoms with Gasteiger partial charge in [-0.3, -0.25) is 4.79 Å². The van der Waals surface area contributed by atoms with Crippen LogP contribution in [0.15, 0.2) is 65.7 Å². The van der Waals surface area contributed by atoms with E-state index in [0.717, 1.165) is 33.4 Å². The molecule has 0 bridgehead atoms. The first-order chi connectivity index (χ1) is 15.2. The number of piperazine rings is 1. The molecule has 1 aromatic heterocycles. The van der Waals surface area contributed by atoms with E-state index in [1.165, 1.54) is 0 Å². The molecule has 2 aromatic carbocycles. The molecule has 0 saturated carbocycles. The normalized spacial score (nSPS) is 15.9. The minimum atomic E-state index is -4.62. The number of hydrogen-bond donors (Lipinski definition) is 0. The summed E-state index contributed by atoms with van der Waals surface area (Å²) in [4.78, 5) is 13.8. The van der Waals surface area contributed by atoms with E-state index in [9.17, 15) is 26.4 Å². The number of carbonyl (C=O) groups excluding carboxylic acids is 1. The fourth-order valence-electron chi connectivity index (χ4n) is 3.87. The maximum Gasteiger partial charge on any atom is 0.416 e. The van der Waals surface area contributed by atoms with Crippen molar-refractivity contribution in [1.82, 2.24) is 13.8 Å². The van der Waals surface area contributed by atoms with Gasteiger partial charge in [-0.05, 0) is 35.7 Å². The van der Waals surface area contributed by atoms with Crippen LogP contribution in [0.4, 0.5) is 13.2 Å². The third-order valence-corrected chi connectivity index (χ3v) is 7.53. The van der Waals surface area contributed by atoms with Gasteiger partial charge in [-0.2, -0.15) is 17.5 Å². The number of para-hydroxylation sites is 1. The molecule has 1 aliphatic rings. The number of rotatable bonds is 5. The molecular weight excluding hydrogens is 443 g/mol. The van der Waals surface area contributed by atoms with Crippen LogP contribution >= 0.6 is 0 Å². The van der Waals surface area contributed by atoms with E-state index in [1.54, 1.807) is 4.90 Å². The van der Waals surface area contributed by atoms with Crippen molar-refractivity contribution in [3.8, 4) is 0 Å². The number of benzene rings is 2. The lowest BCUT2D eigenvalue weighted by Gasteiger charge is -2.34. The van der Waals surface area contributed by atoms with Crippen molar-refractivity contribution in [1.29, 1.82) is 0 Å². The van der Waals surface area contributed by atoms with E-state index in [1.807, 2.05) is 41.1 Å². The van der Waals surface area contributed by atoms with Crippen molar-refractivity contribution < 1.29 is 26.4 Å². The summed E-state index contributed by atoms with van der Waals surface area (Å²) in [5, 5.41) is 1.09. The van der Waals surface area contributed by atoms with Crippen LogP contribution in [0.1, 0.15) is 12.0 Å². The molecule has 0 radical (unpaired) electrons. The molecule has 2 heterocycles. The van der Waals surface area contributed by atoms with Crippen LogP contribution in [-0.4, -0.2) is 54.3 Å². The molecule has 4 rings (SSSR count). The summed E-state index contributed by atoms with van der Waals surface area (Å²) in [5.41, 5.74) is 0.0298. The number of fused-ring (bicyclic) bond motifs is 1. The Balaban J connectivity index is 1.36. The van der Waals surface area contributed by atoms with Gasteiger partial charge in [0.25, 0.3) is 0 Å². The monoisotopic (exact) mass is 465 g/mol. The van der Waals surface area contributed by atoms with Crippen molar-refractivity contribution in [2.75, 3.05) is 26.2 Å². The van der Waals surface area contributed by atoms with E-state index in [-0.39, 0.29) is 38.5 Å². The number of aromatic nitrogens is 1. The standard InChI is InChI=1S/C22H22F3N3O3S/c23-22(24,25)18-5-3-6-19(16-18)32(30,31)28-14-12-27(13-15-28)21(29)9-11-26-10-8-17-4-1-2-7-20(17)26/h1-8,10,16H,9,11-15H2. The molecule has 170 valence electrons. The van der Waals surface area contributed by atoms with Gasteiger partial charge in [0.1, 0.15) is 0 Å². The Hall–Kier alpha value is -2.85. The quantitative estimate of drug-likeness (QED) is 0.579. The molecule has 0 atom stereocenters. The Bertz CT molecular complexity index is 1230. The summed E-state index contributed by atoms with van der Waals surface area (Å²) in [5.74, 6) is -0.0844. The van der Waals surface area contributed by atoms with Gasteiger partial charge in [-0.25, -0.2) is 8.42 Å². The lowest BCUT2D eigenvalue weighted by molar-refractivity contribution is -0.137. The van der Waals surface area contributed by atoms with Gasteiger partial charge in [0.05, 0.1) is 10.5 Å². The Morgan fingerprint density at radius 1 is 0.938 bits per heavy atom. The molecule has 0 unspecified atom stereocenters. The van der Waals surface area contributed by atoms with Gasteiger partial charge < -0.3 is 9.47 Å². The van der Waals surface area contributed by atoms with Crippen LogP contribution in [0.5, 0.6) is 0 Å². The van der Waals surface area contributed by atoms with E-state index >= 15 is 0 Å². The number of hydrogen-bond acceptors (Lipinski definition) is 3. The van der Waals surface area contributed by atoms with E-state index < -0.39 is 26.7 Å². The summed E-state index contributed by atoms with van der Waals surface area (Å²) >= 11 is 0. The zero-order valence-electron chi connectivity index (χ0n) is 17.1. The number of carbonyl (C=O) groups is 1. The van der Waals surface area contributed by atoms with Gasteiger partial charge in [0.15, 0.2) is 0 Å². The molecule has 0 N–H and O–H groups in total. The first-order valence-corrected chi connectivity index (χ1v) is 11.6. The first kappa shape index (κ1) is 22.3. The maximum atomic E-state index is 12.9. The molecule has 6 nitrogen and oxygen atoms in total. The minimum Gasteiger partial charge on any atom is -0.347 e. The second-order valence-electron chi connectivity index (χ2n) is 7.63. The highest BCUT2D eigenvalue weighted by Gasteiger charge is 2.34. The number of sulfonamides is 1. The number of amides is 1. The van der Waals surface area contributed by atoms with Crippen molar-refractivity contribution in [3.05, 3.63) is 66.4 Å². The lowest BCUT2D eigenvalue weighted by atomic mass is 10.2. The van der Waals surface area contributed by atoms with Crippen molar-refractivity contribution in [2.45, 2.75) is 24.0 Å². The molecule has 1 fully saturated rings. The largest absolute Gasteiger partial charge is 0.416 e. The molecular formula is C22H22F3N3O3S.